The molecule has 0 aliphatic carbocycles. The zero-order chi connectivity index (χ0) is 15.5. The predicted octanol–water partition coefficient (Wildman–Crippen LogP) is 2.44. The molecule has 147 valence electrons. The predicted molar refractivity (Wildman–Crippen MR) is 90.2 cm³/mol. The van der Waals surface area contributed by atoms with E-state index >= 15 is 0 Å². The number of hydrogen-bond acceptors (Lipinski definition) is 8. The van der Waals surface area contributed by atoms with Crippen molar-refractivity contribution >= 4 is 24.5 Å². The zero-order valence-corrected chi connectivity index (χ0v) is 14.8. The van der Waals surface area contributed by atoms with Crippen molar-refractivity contribution in [2.45, 2.75) is 50.0 Å². The molecule has 24 heavy (non-hydrogen) atoms. The second-order valence-electron chi connectivity index (χ2n) is 2.64. The fourth-order valence-corrected chi connectivity index (χ4v) is 0.462. The summed E-state index contributed by atoms with van der Waals surface area (Å²) in [6.07, 6.45) is 1.32. The van der Waals surface area contributed by atoms with Gasteiger partial charge in [-0.3, -0.25) is 15.9 Å². The number of rotatable bonds is 7. The van der Waals surface area contributed by atoms with Gasteiger partial charge in [0.05, 0.1) is 0 Å². The number of carbonyl (C=O) groups is 2. The van der Waals surface area contributed by atoms with Gasteiger partial charge in [0.25, 0.3) is 0 Å². The summed E-state index contributed by atoms with van der Waals surface area (Å²) in [5, 5.41) is 0. The van der Waals surface area contributed by atoms with E-state index in [9.17, 15) is 9.59 Å². The van der Waals surface area contributed by atoms with E-state index in [0.717, 1.165) is 0 Å². The molecule has 9 heteroatoms. The maximum absolute atomic E-state index is 10.5. The molecule has 0 N–H and O–H groups in total. The third kappa shape index (κ3) is 82.7. The Morgan fingerprint density at radius 2 is 1.29 bits per heavy atom. The Morgan fingerprint density at radius 1 is 0.917 bits per heavy atom. The SMILES string of the molecule is C.C.C.C.COCOC(=O)CC(C)=O.COCO[C-]=O.C[C-]=O.[Y]. The van der Waals surface area contributed by atoms with Crippen LogP contribution in [0.5, 0.6) is 0 Å². The molecule has 0 atom stereocenters. The summed E-state index contributed by atoms with van der Waals surface area (Å²) in [4.78, 5) is 38.6. The van der Waals surface area contributed by atoms with Crippen molar-refractivity contribution in [3.8, 4) is 0 Å². The summed E-state index contributed by atoms with van der Waals surface area (Å²) < 4.78 is 17.1. The van der Waals surface area contributed by atoms with Crippen LogP contribution in [0.25, 0.3) is 0 Å². The van der Waals surface area contributed by atoms with Crippen LogP contribution in [0.1, 0.15) is 50.0 Å². The van der Waals surface area contributed by atoms with Crippen molar-refractivity contribution in [3.05, 3.63) is 0 Å². The van der Waals surface area contributed by atoms with Crippen LogP contribution in [-0.2, 0) is 70.8 Å². The van der Waals surface area contributed by atoms with Crippen molar-refractivity contribution in [2.24, 2.45) is 0 Å². The summed E-state index contributed by atoms with van der Waals surface area (Å²) in [6.45, 7) is 3.74. The minimum absolute atomic E-state index is 0. The van der Waals surface area contributed by atoms with Crippen LogP contribution in [-0.4, -0.2) is 52.3 Å². The maximum Gasteiger partial charge on any atom is 0.315 e. The summed E-state index contributed by atoms with van der Waals surface area (Å²) in [5.74, 6) is -0.754. The van der Waals surface area contributed by atoms with Crippen molar-refractivity contribution in [1.29, 1.82) is 0 Å². The van der Waals surface area contributed by atoms with Crippen LogP contribution >= 0.6 is 0 Å². The Bertz CT molecular complexity index is 248. The smallest absolute Gasteiger partial charge is 0.315 e. The van der Waals surface area contributed by atoms with Gasteiger partial charge in [0.15, 0.2) is 13.6 Å². The van der Waals surface area contributed by atoms with E-state index < -0.39 is 5.97 Å². The molecule has 0 bridgehead atoms. The number of carbonyl (C=O) groups excluding carboxylic acids is 4. The molecular weight excluding hydrogens is 397 g/mol. The van der Waals surface area contributed by atoms with E-state index in [1.54, 1.807) is 0 Å². The molecule has 0 aromatic carbocycles. The molecule has 0 aromatic rings. The van der Waals surface area contributed by atoms with Crippen molar-refractivity contribution in [3.63, 3.8) is 0 Å². The van der Waals surface area contributed by atoms with Crippen molar-refractivity contribution in [2.75, 3.05) is 27.8 Å². The molecule has 0 amide bonds. The first kappa shape index (κ1) is 49.5. The van der Waals surface area contributed by atoms with Gasteiger partial charge < -0.3 is 28.5 Å². The Hall–Kier alpha value is -0.696. The van der Waals surface area contributed by atoms with E-state index in [-0.39, 0.29) is 88.2 Å². The molecule has 0 heterocycles. The summed E-state index contributed by atoms with van der Waals surface area (Å²) in [6, 6.07) is 0. The molecule has 0 aliphatic rings. The first-order valence-electron chi connectivity index (χ1n) is 4.90. The molecule has 0 saturated carbocycles. The Kier molecular flexibility index (Phi) is 102. The van der Waals surface area contributed by atoms with Gasteiger partial charge in [-0.1, -0.05) is 36.2 Å². The van der Waals surface area contributed by atoms with Gasteiger partial charge in [-0.05, 0) is 6.92 Å². The maximum atomic E-state index is 10.5. The first-order valence-corrected chi connectivity index (χ1v) is 4.90. The van der Waals surface area contributed by atoms with E-state index in [1.165, 1.54) is 40.8 Å². The molecule has 1 radical (unpaired) electrons. The van der Waals surface area contributed by atoms with Gasteiger partial charge in [-0.15, -0.1) is 0 Å². The number of ether oxygens (including phenoxy) is 4. The van der Waals surface area contributed by atoms with Gasteiger partial charge in [-0.25, -0.2) is 0 Å². The molecule has 8 nitrogen and oxygen atoms in total. The standard InChI is InChI=1S/C6H10O4.C3H5O3.C2H3O.4CH4.Y/c1-5(7)3-6(8)10-4-9-2;1-5-3-6-2-4;1-2-3;;;;;/h3-4H2,1-2H3;3H2,1H3;1H3;4*1H4;/q;2*-1;;;;;. The Labute approximate surface area is 172 Å². The van der Waals surface area contributed by atoms with Gasteiger partial charge in [0.2, 0.25) is 0 Å². The second-order valence-corrected chi connectivity index (χ2v) is 2.64. The van der Waals surface area contributed by atoms with Crippen LogP contribution in [0.2, 0.25) is 0 Å². The molecule has 0 fully saturated rings. The Balaban J connectivity index is -0.0000000271. The van der Waals surface area contributed by atoms with E-state index in [2.05, 4.69) is 18.9 Å². The van der Waals surface area contributed by atoms with Crippen LogP contribution in [0, 0.1) is 0 Å². The van der Waals surface area contributed by atoms with Crippen LogP contribution in [0.15, 0.2) is 0 Å². The minimum Gasteiger partial charge on any atom is -0.634 e. The van der Waals surface area contributed by atoms with E-state index in [0.29, 0.717) is 0 Å². The third-order valence-corrected chi connectivity index (χ3v) is 0.967. The summed E-state index contributed by atoms with van der Waals surface area (Å²) in [5.41, 5.74) is 0. The van der Waals surface area contributed by atoms with Gasteiger partial charge in [0.1, 0.15) is 12.2 Å². The van der Waals surface area contributed by atoms with Crippen LogP contribution in [0.4, 0.5) is 0 Å². The zero-order valence-electron chi connectivity index (χ0n) is 12.0. The Morgan fingerprint density at radius 3 is 1.50 bits per heavy atom. The van der Waals surface area contributed by atoms with Gasteiger partial charge >= 0.3 is 5.97 Å². The average Bonchev–Trinajstić information content (AvgIpc) is 2.35. The normalized spacial score (nSPS) is 6.17. The molecule has 0 saturated heterocycles. The third-order valence-electron chi connectivity index (χ3n) is 0.967. The van der Waals surface area contributed by atoms with Crippen LogP contribution < -0.4 is 0 Å². The number of esters is 1. The van der Waals surface area contributed by atoms with Crippen LogP contribution in [0.3, 0.4) is 0 Å². The quantitative estimate of drug-likeness (QED) is 0.199. The molecule has 0 rings (SSSR count). The molecule has 0 unspecified atom stereocenters. The van der Waals surface area contributed by atoms with Gasteiger partial charge in [0, 0.05) is 46.9 Å². The van der Waals surface area contributed by atoms with E-state index in [1.807, 2.05) is 0 Å². The fourth-order valence-electron chi connectivity index (χ4n) is 0.462. The number of Topliss-reactive ketones (excluding diaryl/α,β-unsaturated/α-hetero) is 1. The second kappa shape index (κ2) is 49.5. The average molecular weight is 431 g/mol. The van der Waals surface area contributed by atoms with Crippen molar-refractivity contribution in [1.82, 2.24) is 0 Å². The minimum atomic E-state index is -0.547. The first-order chi connectivity index (χ1) is 8.99. The molecular formula is C15H34O8Y-2. The number of methoxy groups -OCH3 is 2. The number of ketones is 1. The van der Waals surface area contributed by atoms with E-state index in [4.69, 9.17) is 9.59 Å². The monoisotopic (exact) mass is 431 g/mol. The largest absolute Gasteiger partial charge is 0.634 e. The molecule has 0 aliphatic heterocycles. The summed E-state index contributed by atoms with van der Waals surface area (Å²) in [7, 11) is 2.83. The number of hydrogen-bond donors (Lipinski definition) is 0. The topological polar surface area (TPSA) is 105 Å². The molecule has 0 spiro atoms. The fraction of sp³-hybridized carbons (Fsp3) is 0.733. The summed E-state index contributed by atoms with van der Waals surface area (Å²) >= 11 is 0. The van der Waals surface area contributed by atoms with Crippen molar-refractivity contribution < 1.29 is 70.8 Å². The molecule has 0 aromatic heterocycles. The van der Waals surface area contributed by atoms with Gasteiger partial charge in [-0.2, -0.15) is 6.92 Å².